The SMILES string of the molecule is CC1(O)CCOCC1C1CCCN1c1c(F)cc(C#N)cc1F. The summed E-state index contributed by atoms with van der Waals surface area (Å²) in [6.07, 6.45) is 2.07. The number of benzene rings is 1. The Bertz CT molecular complexity index is 619. The Labute approximate surface area is 134 Å². The van der Waals surface area contributed by atoms with Crippen LogP contribution < -0.4 is 4.90 Å². The zero-order chi connectivity index (χ0) is 16.6. The highest BCUT2D eigenvalue weighted by molar-refractivity contribution is 5.54. The molecule has 0 spiro atoms. The van der Waals surface area contributed by atoms with E-state index < -0.39 is 17.2 Å². The van der Waals surface area contributed by atoms with Crippen molar-refractivity contribution in [3.63, 3.8) is 0 Å². The lowest BCUT2D eigenvalue weighted by atomic mass is 9.79. The summed E-state index contributed by atoms with van der Waals surface area (Å²) in [6.45, 7) is 3.17. The third kappa shape index (κ3) is 2.91. The predicted molar refractivity (Wildman–Crippen MR) is 81.0 cm³/mol. The van der Waals surface area contributed by atoms with Gasteiger partial charge >= 0.3 is 0 Å². The van der Waals surface area contributed by atoms with Gasteiger partial charge in [-0.05, 0) is 38.3 Å². The van der Waals surface area contributed by atoms with Crippen LogP contribution in [-0.2, 0) is 4.74 Å². The van der Waals surface area contributed by atoms with Crippen LogP contribution in [0.2, 0.25) is 0 Å². The number of nitrogens with zero attached hydrogens (tertiary/aromatic N) is 2. The molecule has 0 radical (unpaired) electrons. The second kappa shape index (κ2) is 6.06. The van der Waals surface area contributed by atoms with Crippen LogP contribution >= 0.6 is 0 Å². The lowest BCUT2D eigenvalue weighted by Gasteiger charge is -2.43. The highest BCUT2D eigenvalue weighted by Crippen LogP contribution is 2.39. The number of ether oxygens (including phenoxy) is 1. The second-order valence-electron chi connectivity index (χ2n) is 6.59. The molecule has 124 valence electrons. The van der Waals surface area contributed by atoms with Gasteiger partial charge in [-0.25, -0.2) is 8.78 Å². The van der Waals surface area contributed by atoms with Crippen LogP contribution in [0.1, 0.15) is 31.7 Å². The van der Waals surface area contributed by atoms with Crippen molar-refractivity contribution < 1.29 is 18.6 Å². The van der Waals surface area contributed by atoms with Crippen molar-refractivity contribution in [3.05, 3.63) is 29.3 Å². The summed E-state index contributed by atoms with van der Waals surface area (Å²) in [6, 6.07) is 3.69. The largest absolute Gasteiger partial charge is 0.390 e. The summed E-state index contributed by atoms with van der Waals surface area (Å²) < 4.78 is 34.2. The summed E-state index contributed by atoms with van der Waals surface area (Å²) in [7, 11) is 0. The van der Waals surface area contributed by atoms with E-state index in [4.69, 9.17) is 10.00 Å². The topological polar surface area (TPSA) is 56.5 Å². The average Bonchev–Trinajstić information content (AvgIpc) is 2.94. The normalized spacial score (nSPS) is 31.2. The number of aliphatic hydroxyl groups is 1. The van der Waals surface area contributed by atoms with Gasteiger partial charge in [-0.1, -0.05) is 0 Å². The minimum Gasteiger partial charge on any atom is -0.390 e. The first-order chi connectivity index (χ1) is 10.9. The third-order valence-electron chi connectivity index (χ3n) is 5.05. The molecule has 4 nitrogen and oxygen atoms in total. The number of hydrogen-bond donors (Lipinski definition) is 1. The zero-order valence-corrected chi connectivity index (χ0v) is 13.1. The van der Waals surface area contributed by atoms with Gasteiger partial charge in [-0.15, -0.1) is 0 Å². The lowest BCUT2D eigenvalue weighted by molar-refractivity contribution is -0.108. The van der Waals surface area contributed by atoms with Crippen molar-refractivity contribution in [1.29, 1.82) is 5.26 Å². The van der Waals surface area contributed by atoms with Gasteiger partial charge in [0, 0.05) is 25.1 Å². The molecule has 1 aromatic rings. The molecular weight excluding hydrogens is 302 g/mol. The minimum absolute atomic E-state index is 0.0347. The number of rotatable bonds is 2. The van der Waals surface area contributed by atoms with Gasteiger partial charge in [0.05, 0.1) is 23.8 Å². The van der Waals surface area contributed by atoms with E-state index in [2.05, 4.69) is 0 Å². The third-order valence-corrected chi connectivity index (χ3v) is 5.05. The maximum absolute atomic E-state index is 14.4. The van der Waals surface area contributed by atoms with Crippen molar-refractivity contribution in [2.75, 3.05) is 24.7 Å². The number of hydrogen-bond acceptors (Lipinski definition) is 4. The van der Waals surface area contributed by atoms with Crippen LogP contribution in [0.3, 0.4) is 0 Å². The van der Waals surface area contributed by atoms with Gasteiger partial charge in [0.2, 0.25) is 0 Å². The van der Waals surface area contributed by atoms with Crippen LogP contribution in [0.25, 0.3) is 0 Å². The van der Waals surface area contributed by atoms with Crippen LogP contribution in [0.5, 0.6) is 0 Å². The number of halogens is 2. The first-order valence-electron chi connectivity index (χ1n) is 7.90. The van der Waals surface area contributed by atoms with E-state index in [1.807, 2.05) is 0 Å². The highest BCUT2D eigenvalue weighted by Gasteiger charge is 2.45. The first kappa shape index (κ1) is 16.2. The summed E-state index contributed by atoms with van der Waals surface area (Å²) in [5, 5.41) is 19.5. The Morgan fingerprint density at radius 3 is 2.70 bits per heavy atom. The molecule has 0 aliphatic carbocycles. The molecule has 0 saturated carbocycles. The van der Waals surface area contributed by atoms with Crippen LogP contribution in [0.4, 0.5) is 14.5 Å². The summed E-state index contributed by atoms with van der Waals surface area (Å²) in [5.41, 5.74) is -1.05. The molecule has 3 unspecified atom stereocenters. The fourth-order valence-corrected chi connectivity index (χ4v) is 3.77. The summed E-state index contributed by atoms with van der Waals surface area (Å²) in [4.78, 5) is 1.69. The maximum atomic E-state index is 14.4. The second-order valence-corrected chi connectivity index (χ2v) is 6.59. The van der Waals surface area contributed by atoms with E-state index >= 15 is 0 Å². The quantitative estimate of drug-likeness (QED) is 0.909. The Morgan fingerprint density at radius 1 is 1.39 bits per heavy atom. The Kier molecular flexibility index (Phi) is 4.26. The first-order valence-corrected chi connectivity index (χ1v) is 7.90. The van der Waals surface area contributed by atoms with Crippen molar-refractivity contribution in [2.45, 2.75) is 37.8 Å². The van der Waals surface area contributed by atoms with Gasteiger partial charge in [-0.3, -0.25) is 0 Å². The van der Waals surface area contributed by atoms with E-state index in [0.29, 0.717) is 26.2 Å². The van der Waals surface area contributed by atoms with Crippen molar-refractivity contribution in [1.82, 2.24) is 0 Å². The van der Waals surface area contributed by atoms with E-state index in [1.165, 1.54) is 0 Å². The maximum Gasteiger partial charge on any atom is 0.150 e. The molecule has 0 amide bonds. The monoisotopic (exact) mass is 322 g/mol. The highest BCUT2D eigenvalue weighted by atomic mass is 19.1. The average molecular weight is 322 g/mol. The molecule has 3 rings (SSSR count). The molecule has 3 atom stereocenters. The predicted octanol–water partition coefficient (Wildman–Crippen LogP) is 2.59. The van der Waals surface area contributed by atoms with Gasteiger partial charge < -0.3 is 14.7 Å². The van der Waals surface area contributed by atoms with Crippen LogP contribution in [0, 0.1) is 28.9 Å². The van der Waals surface area contributed by atoms with Crippen molar-refractivity contribution in [2.24, 2.45) is 5.92 Å². The fourth-order valence-electron chi connectivity index (χ4n) is 3.77. The molecule has 2 heterocycles. The Morgan fingerprint density at radius 2 is 2.09 bits per heavy atom. The van der Waals surface area contributed by atoms with E-state index in [-0.39, 0.29) is 23.2 Å². The zero-order valence-electron chi connectivity index (χ0n) is 13.1. The van der Waals surface area contributed by atoms with E-state index in [0.717, 1.165) is 25.0 Å². The van der Waals surface area contributed by atoms with Crippen molar-refractivity contribution in [3.8, 4) is 6.07 Å². The Hall–Kier alpha value is -1.71. The molecule has 1 aromatic carbocycles. The summed E-state index contributed by atoms with van der Waals surface area (Å²) in [5.74, 6) is -1.66. The summed E-state index contributed by atoms with van der Waals surface area (Å²) >= 11 is 0. The standard InChI is InChI=1S/C17H20F2N2O2/c1-17(22)4-6-23-10-12(17)15-3-2-5-21(15)16-13(18)7-11(9-20)8-14(16)19/h7-8,12,15,22H,2-6,10H2,1H3. The number of nitriles is 1. The molecule has 23 heavy (non-hydrogen) atoms. The van der Waals surface area contributed by atoms with Gasteiger partial charge in [0.1, 0.15) is 5.69 Å². The minimum atomic E-state index is -0.912. The molecule has 2 fully saturated rings. The molecule has 1 N–H and O–H groups in total. The van der Waals surface area contributed by atoms with Crippen LogP contribution in [0.15, 0.2) is 12.1 Å². The Balaban J connectivity index is 1.95. The molecule has 0 aromatic heterocycles. The van der Waals surface area contributed by atoms with Crippen molar-refractivity contribution >= 4 is 5.69 Å². The fraction of sp³-hybridized carbons (Fsp3) is 0.588. The molecule has 2 aliphatic heterocycles. The number of anilines is 1. The molecule has 0 bridgehead atoms. The van der Waals surface area contributed by atoms with E-state index in [9.17, 15) is 13.9 Å². The van der Waals surface area contributed by atoms with Crippen LogP contribution in [-0.4, -0.2) is 36.5 Å². The van der Waals surface area contributed by atoms with Gasteiger partial charge in [-0.2, -0.15) is 5.26 Å². The molecule has 2 saturated heterocycles. The van der Waals surface area contributed by atoms with Gasteiger partial charge in [0.25, 0.3) is 0 Å². The van der Waals surface area contributed by atoms with E-state index in [1.54, 1.807) is 17.9 Å². The molecule has 6 heteroatoms. The lowest BCUT2D eigenvalue weighted by Crippen LogP contribution is -2.52. The molecule has 2 aliphatic rings. The molecular formula is C17H20F2N2O2. The van der Waals surface area contributed by atoms with Gasteiger partial charge in [0.15, 0.2) is 11.6 Å². The smallest absolute Gasteiger partial charge is 0.150 e.